The second kappa shape index (κ2) is 6.70. The van der Waals surface area contributed by atoms with Gasteiger partial charge >= 0.3 is 0 Å². The van der Waals surface area contributed by atoms with Gasteiger partial charge in [-0.05, 0) is 23.4 Å². The lowest BCUT2D eigenvalue weighted by atomic mass is 10.0. The molecule has 0 aliphatic heterocycles. The molecule has 5 nitrogen and oxygen atoms in total. The van der Waals surface area contributed by atoms with Crippen molar-refractivity contribution in [1.29, 1.82) is 0 Å². The largest absolute Gasteiger partial charge is 0.391 e. The summed E-state index contributed by atoms with van der Waals surface area (Å²) in [5.41, 5.74) is 0.592. The average molecular weight is 259 g/mol. The number of hydrogen-bond donors (Lipinski definition) is 4. The zero-order chi connectivity index (χ0) is 12.8. The first-order valence-electron chi connectivity index (χ1n) is 5.33. The van der Waals surface area contributed by atoms with Gasteiger partial charge in [0.2, 0.25) is 5.91 Å². The number of rotatable bonds is 6. The van der Waals surface area contributed by atoms with E-state index in [2.05, 4.69) is 5.32 Å². The summed E-state index contributed by atoms with van der Waals surface area (Å²) in [4.78, 5) is 11.4. The van der Waals surface area contributed by atoms with Gasteiger partial charge in [0.1, 0.15) is 6.10 Å². The van der Waals surface area contributed by atoms with E-state index in [1.54, 1.807) is 11.4 Å². The predicted octanol–water partition coefficient (Wildman–Crippen LogP) is 0.161. The Kier molecular flexibility index (Phi) is 5.57. The highest BCUT2D eigenvalue weighted by atomic mass is 32.1. The van der Waals surface area contributed by atoms with Crippen molar-refractivity contribution in [2.45, 2.75) is 32.2 Å². The minimum atomic E-state index is -0.986. The van der Waals surface area contributed by atoms with Crippen molar-refractivity contribution < 1.29 is 20.1 Å². The summed E-state index contributed by atoms with van der Waals surface area (Å²) in [6.45, 7) is 1.65. The Labute approximate surface area is 104 Å². The maximum Gasteiger partial charge on any atom is 0.216 e. The highest BCUT2D eigenvalue weighted by Crippen LogP contribution is 2.24. The van der Waals surface area contributed by atoms with E-state index in [1.807, 2.05) is 0 Å². The molecule has 6 heteroatoms. The van der Waals surface area contributed by atoms with Gasteiger partial charge in [-0.3, -0.25) is 4.79 Å². The number of carbonyl (C=O) groups is 1. The number of aliphatic hydroxyl groups excluding tert-OH is 3. The molecular weight excluding hydrogens is 242 g/mol. The van der Waals surface area contributed by atoms with E-state index >= 15 is 0 Å². The molecule has 96 valence electrons. The van der Waals surface area contributed by atoms with Crippen LogP contribution in [-0.2, 0) is 11.4 Å². The van der Waals surface area contributed by atoms with E-state index in [4.69, 9.17) is 5.11 Å². The molecule has 0 spiro atoms. The van der Waals surface area contributed by atoms with E-state index in [1.165, 1.54) is 18.3 Å². The number of amides is 1. The molecule has 0 saturated carbocycles. The molecule has 1 heterocycles. The van der Waals surface area contributed by atoms with Crippen molar-refractivity contribution in [3.63, 3.8) is 0 Å². The van der Waals surface area contributed by atoms with Crippen LogP contribution in [0.1, 0.15) is 29.9 Å². The van der Waals surface area contributed by atoms with E-state index in [9.17, 15) is 15.0 Å². The molecular formula is C11H17NO4S. The molecule has 17 heavy (non-hydrogen) atoms. The molecule has 0 aliphatic carbocycles. The predicted molar refractivity (Wildman–Crippen MR) is 64.5 cm³/mol. The van der Waals surface area contributed by atoms with Crippen LogP contribution in [0.15, 0.2) is 11.4 Å². The smallest absolute Gasteiger partial charge is 0.216 e. The first kappa shape index (κ1) is 14.1. The fraction of sp³-hybridized carbons (Fsp3) is 0.545. The van der Waals surface area contributed by atoms with Crippen LogP contribution < -0.4 is 5.32 Å². The van der Waals surface area contributed by atoms with Gasteiger partial charge in [-0.15, -0.1) is 11.3 Å². The summed E-state index contributed by atoms with van der Waals surface area (Å²) in [7, 11) is 0. The van der Waals surface area contributed by atoms with Gasteiger partial charge in [-0.1, -0.05) is 0 Å². The zero-order valence-corrected chi connectivity index (χ0v) is 10.4. The van der Waals surface area contributed by atoms with Gasteiger partial charge in [0, 0.05) is 18.3 Å². The lowest BCUT2D eigenvalue weighted by Gasteiger charge is -2.16. The Balaban J connectivity index is 2.45. The fourth-order valence-electron chi connectivity index (χ4n) is 1.41. The molecule has 0 fully saturated rings. The zero-order valence-electron chi connectivity index (χ0n) is 9.59. The molecule has 0 bridgehead atoms. The van der Waals surface area contributed by atoms with Crippen molar-refractivity contribution in [3.05, 3.63) is 21.9 Å². The van der Waals surface area contributed by atoms with Gasteiger partial charge in [0.05, 0.1) is 12.7 Å². The second-order valence-corrected chi connectivity index (χ2v) is 4.78. The molecule has 1 aromatic rings. The standard InChI is InChI=1S/C11H17NO4S/c1-7(14)12-3-2-10(15)11(16)8-4-9(5-13)17-6-8/h4,6,10-11,13,15-16H,2-3,5H2,1H3,(H,12,14). The van der Waals surface area contributed by atoms with Gasteiger partial charge in [0.15, 0.2) is 0 Å². The SMILES string of the molecule is CC(=O)NCCC(O)C(O)c1csc(CO)c1. The molecule has 1 aromatic heterocycles. The quantitative estimate of drug-likeness (QED) is 0.586. The number of nitrogens with one attached hydrogen (secondary N) is 1. The van der Waals surface area contributed by atoms with Crippen molar-refractivity contribution >= 4 is 17.2 Å². The van der Waals surface area contributed by atoms with Crippen LogP contribution in [0.5, 0.6) is 0 Å². The maximum absolute atomic E-state index is 10.6. The molecule has 0 saturated heterocycles. The summed E-state index contributed by atoms with van der Waals surface area (Å²) < 4.78 is 0. The Morgan fingerprint density at radius 2 is 2.24 bits per heavy atom. The van der Waals surface area contributed by atoms with Gasteiger partial charge in [-0.2, -0.15) is 0 Å². The van der Waals surface area contributed by atoms with E-state index in [0.29, 0.717) is 12.1 Å². The third-order valence-corrected chi connectivity index (χ3v) is 3.29. The van der Waals surface area contributed by atoms with Crippen LogP contribution in [0.25, 0.3) is 0 Å². The van der Waals surface area contributed by atoms with Crippen LogP contribution in [-0.4, -0.2) is 33.9 Å². The van der Waals surface area contributed by atoms with Gasteiger partial charge in [-0.25, -0.2) is 0 Å². The van der Waals surface area contributed by atoms with Crippen LogP contribution >= 0.6 is 11.3 Å². The highest BCUT2D eigenvalue weighted by Gasteiger charge is 2.19. The molecule has 1 rings (SSSR count). The van der Waals surface area contributed by atoms with Crippen molar-refractivity contribution in [3.8, 4) is 0 Å². The lowest BCUT2D eigenvalue weighted by Crippen LogP contribution is -2.27. The Morgan fingerprint density at radius 3 is 2.76 bits per heavy atom. The van der Waals surface area contributed by atoms with Gasteiger partial charge in [0.25, 0.3) is 0 Å². The topological polar surface area (TPSA) is 89.8 Å². The molecule has 1 amide bonds. The first-order valence-corrected chi connectivity index (χ1v) is 6.21. The van der Waals surface area contributed by atoms with Crippen molar-refractivity contribution in [1.82, 2.24) is 5.32 Å². The highest BCUT2D eigenvalue weighted by molar-refractivity contribution is 7.10. The van der Waals surface area contributed by atoms with E-state index in [0.717, 1.165) is 4.88 Å². The number of aliphatic hydroxyl groups is 3. The van der Waals surface area contributed by atoms with Crippen LogP contribution in [0.3, 0.4) is 0 Å². The maximum atomic E-state index is 10.6. The average Bonchev–Trinajstić information content (AvgIpc) is 2.75. The van der Waals surface area contributed by atoms with Crippen LogP contribution in [0.2, 0.25) is 0 Å². The summed E-state index contributed by atoms with van der Waals surface area (Å²) in [6, 6.07) is 1.66. The summed E-state index contributed by atoms with van der Waals surface area (Å²) in [6.07, 6.45) is -1.63. The number of carbonyl (C=O) groups excluding carboxylic acids is 1. The first-order chi connectivity index (χ1) is 8.04. The monoisotopic (exact) mass is 259 g/mol. The normalized spacial score (nSPS) is 14.4. The Bertz CT molecular complexity index is 366. The molecule has 0 radical (unpaired) electrons. The minimum Gasteiger partial charge on any atom is -0.391 e. The second-order valence-electron chi connectivity index (χ2n) is 3.79. The minimum absolute atomic E-state index is 0.0701. The number of thiophene rings is 1. The van der Waals surface area contributed by atoms with Gasteiger partial charge < -0.3 is 20.6 Å². The van der Waals surface area contributed by atoms with Crippen LogP contribution in [0.4, 0.5) is 0 Å². The molecule has 2 unspecified atom stereocenters. The van der Waals surface area contributed by atoms with E-state index in [-0.39, 0.29) is 18.9 Å². The van der Waals surface area contributed by atoms with E-state index < -0.39 is 12.2 Å². The van der Waals surface area contributed by atoms with Crippen LogP contribution in [0, 0.1) is 0 Å². The summed E-state index contributed by atoms with van der Waals surface area (Å²) in [5, 5.41) is 32.7. The molecule has 4 N–H and O–H groups in total. The fourth-order valence-corrected chi connectivity index (χ4v) is 2.19. The molecule has 0 aromatic carbocycles. The molecule has 0 aliphatic rings. The summed E-state index contributed by atoms with van der Waals surface area (Å²) in [5.74, 6) is -0.162. The van der Waals surface area contributed by atoms with Crippen molar-refractivity contribution in [2.75, 3.05) is 6.54 Å². The third-order valence-electron chi connectivity index (χ3n) is 2.35. The Hall–Kier alpha value is -0.950. The number of hydrogen-bond acceptors (Lipinski definition) is 5. The summed E-state index contributed by atoms with van der Waals surface area (Å²) >= 11 is 1.33. The van der Waals surface area contributed by atoms with Crippen molar-refractivity contribution in [2.24, 2.45) is 0 Å². The third kappa shape index (κ3) is 4.43. The Morgan fingerprint density at radius 1 is 1.53 bits per heavy atom. The lowest BCUT2D eigenvalue weighted by molar-refractivity contribution is -0.119. The molecule has 2 atom stereocenters.